The topological polar surface area (TPSA) is 24.9 Å². The van der Waals surface area contributed by atoms with Gasteiger partial charge in [-0.25, -0.2) is 9.37 Å². The van der Waals surface area contributed by atoms with E-state index in [4.69, 9.17) is 11.6 Å². The molecule has 0 fully saturated rings. The van der Waals surface area contributed by atoms with Crippen LogP contribution in [-0.2, 0) is 0 Å². The Balaban J connectivity index is 2.20. The molecule has 1 aromatic carbocycles. The lowest BCUT2D eigenvalue weighted by Crippen LogP contribution is -1.94. The van der Waals surface area contributed by atoms with Gasteiger partial charge in [-0.1, -0.05) is 11.6 Å². The molecule has 0 bridgehead atoms. The van der Waals surface area contributed by atoms with Crippen LogP contribution in [0.2, 0.25) is 5.02 Å². The normalized spacial score (nSPS) is 10.2. The van der Waals surface area contributed by atoms with E-state index in [1.807, 2.05) is 0 Å². The van der Waals surface area contributed by atoms with E-state index >= 15 is 0 Å². The number of benzene rings is 1. The Kier molecular flexibility index (Phi) is 3.06. The van der Waals surface area contributed by atoms with Gasteiger partial charge in [-0.15, -0.1) is 0 Å². The molecule has 16 heavy (non-hydrogen) atoms. The first-order valence-corrected chi connectivity index (χ1v) is 5.18. The van der Waals surface area contributed by atoms with Crippen molar-refractivity contribution in [3.05, 3.63) is 52.9 Å². The first-order valence-electron chi connectivity index (χ1n) is 4.80. The van der Waals surface area contributed by atoms with E-state index in [1.54, 1.807) is 37.4 Å². The molecule has 0 amide bonds. The van der Waals surface area contributed by atoms with Crippen molar-refractivity contribution in [2.75, 3.05) is 5.32 Å². The zero-order valence-electron chi connectivity index (χ0n) is 8.67. The highest BCUT2D eigenvalue weighted by molar-refractivity contribution is 6.30. The lowest BCUT2D eigenvalue weighted by Gasteiger charge is -2.06. The Hall–Kier alpha value is -1.61. The quantitative estimate of drug-likeness (QED) is 0.855. The molecular formula is C12H10ClFN2. The van der Waals surface area contributed by atoms with E-state index < -0.39 is 0 Å². The summed E-state index contributed by atoms with van der Waals surface area (Å²) in [5.74, 6) is 0.463. The van der Waals surface area contributed by atoms with Crippen LogP contribution in [-0.4, -0.2) is 4.98 Å². The van der Waals surface area contributed by atoms with Crippen LogP contribution >= 0.6 is 11.6 Å². The maximum Gasteiger partial charge on any atom is 0.130 e. The lowest BCUT2D eigenvalue weighted by atomic mass is 10.2. The summed E-state index contributed by atoms with van der Waals surface area (Å²) < 4.78 is 13.0. The Morgan fingerprint density at radius 2 is 2.06 bits per heavy atom. The second-order valence-electron chi connectivity index (χ2n) is 3.45. The van der Waals surface area contributed by atoms with Crippen LogP contribution in [0, 0.1) is 12.7 Å². The number of nitrogens with zero attached hydrogens (tertiary/aromatic N) is 1. The van der Waals surface area contributed by atoms with Crippen molar-refractivity contribution in [1.29, 1.82) is 0 Å². The Morgan fingerprint density at radius 1 is 1.25 bits per heavy atom. The van der Waals surface area contributed by atoms with Crippen LogP contribution in [0.4, 0.5) is 15.9 Å². The van der Waals surface area contributed by atoms with Gasteiger partial charge in [-0.3, -0.25) is 0 Å². The van der Waals surface area contributed by atoms with Gasteiger partial charge in [0, 0.05) is 11.9 Å². The molecule has 0 unspecified atom stereocenters. The van der Waals surface area contributed by atoms with E-state index in [-0.39, 0.29) is 5.82 Å². The fraction of sp³-hybridized carbons (Fsp3) is 0.0833. The molecule has 0 saturated carbocycles. The molecular weight excluding hydrogens is 227 g/mol. The molecule has 1 aromatic heterocycles. The van der Waals surface area contributed by atoms with Gasteiger partial charge in [0.2, 0.25) is 0 Å². The third-order valence-corrected chi connectivity index (χ3v) is 2.38. The molecule has 0 radical (unpaired) electrons. The lowest BCUT2D eigenvalue weighted by molar-refractivity contribution is 0.619. The number of aryl methyl sites for hydroxylation is 1. The maximum atomic E-state index is 13.0. The Bertz CT molecular complexity index is 497. The summed E-state index contributed by atoms with van der Waals surface area (Å²) in [7, 11) is 0. The summed E-state index contributed by atoms with van der Waals surface area (Å²) in [6.07, 6.45) is 1.56. The number of aromatic nitrogens is 1. The standard InChI is InChI=1S/C12H10ClFN2/c1-8-6-10(3-4-11(8)14)16-12-5-2-9(13)7-15-12/h2-7H,1H3,(H,15,16). The number of nitrogens with one attached hydrogen (secondary N) is 1. The highest BCUT2D eigenvalue weighted by atomic mass is 35.5. The molecule has 0 aliphatic heterocycles. The minimum Gasteiger partial charge on any atom is -0.340 e. The van der Waals surface area contributed by atoms with Gasteiger partial charge in [0.1, 0.15) is 11.6 Å². The highest BCUT2D eigenvalue weighted by Gasteiger charge is 2.00. The zero-order valence-corrected chi connectivity index (χ0v) is 9.42. The summed E-state index contributed by atoms with van der Waals surface area (Å²) >= 11 is 5.72. The number of halogens is 2. The van der Waals surface area contributed by atoms with E-state index in [1.165, 1.54) is 6.07 Å². The molecule has 0 aliphatic rings. The first-order chi connectivity index (χ1) is 7.65. The minimum absolute atomic E-state index is 0.213. The van der Waals surface area contributed by atoms with Gasteiger partial charge in [-0.2, -0.15) is 0 Å². The largest absolute Gasteiger partial charge is 0.340 e. The monoisotopic (exact) mass is 236 g/mol. The van der Waals surface area contributed by atoms with Gasteiger partial charge >= 0.3 is 0 Å². The number of anilines is 2. The summed E-state index contributed by atoms with van der Waals surface area (Å²) in [4.78, 5) is 4.09. The predicted molar refractivity (Wildman–Crippen MR) is 63.7 cm³/mol. The Labute approximate surface area is 98.1 Å². The average Bonchev–Trinajstić information content (AvgIpc) is 2.27. The summed E-state index contributed by atoms with van der Waals surface area (Å²) in [5.41, 5.74) is 1.40. The maximum absolute atomic E-state index is 13.0. The van der Waals surface area contributed by atoms with Crippen LogP contribution in [0.25, 0.3) is 0 Å². The van der Waals surface area contributed by atoms with Crippen LogP contribution in [0.5, 0.6) is 0 Å². The molecule has 2 nitrogen and oxygen atoms in total. The highest BCUT2D eigenvalue weighted by Crippen LogP contribution is 2.18. The summed E-state index contributed by atoms with van der Waals surface area (Å²) in [6.45, 7) is 1.72. The molecule has 1 heterocycles. The Morgan fingerprint density at radius 3 is 2.69 bits per heavy atom. The molecule has 2 aromatic rings. The number of pyridine rings is 1. The molecule has 0 saturated heterocycles. The molecule has 0 spiro atoms. The predicted octanol–water partition coefficient (Wildman–Crippen LogP) is 3.93. The van der Waals surface area contributed by atoms with E-state index in [0.29, 0.717) is 16.4 Å². The van der Waals surface area contributed by atoms with Gasteiger partial charge in [0.05, 0.1) is 5.02 Å². The number of rotatable bonds is 2. The molecule has 82 valence electrons. The zero-order chi connectivity index (χ0) is 11.5. The fourth-order valence-electron chi connectivity index (χ4n) is 1.32. The van der Waals surface area contributed by atoms with Crippen LogP contribution in [0.15, 0.2) is 36.5 Å². The molecule has 0 atom stereocenters. The fourth-order valence-corrected chi connectivity index (χ4v) is 1.43. The molecule has 2 rings (SSSR count). The third kappa shape index (κ3) is 2.49. The molecule has 1 N–H and O–H groups in total. The minimum atomic E-state index is -0.213. The summed E-state index contributed by atoms with van der Waals surface area (Å²) in [6, 6.07) is 8.33. The average molecular weight is 237 g/mol. The van der Waals surface area contributed by atoms with Crippen LogP contribution in [0.3, 0.4) is 0 Å². The van der Waals surface area contributed by atoms with E-state index in [2.05, 4.69) is 10.3 Å². The van der Waals surface area contributed by atoms with Crippen molar-refractivity contribution in [2.24, 2.45) is 0 Å². The number of hydrogen-bond acceptors (Lipinski definition) is 2. The van der Waals surface area contributed by atoms with Gasteiger partial charge in [-0.05, 0) is 42.8 Å². The van der Waals surface area contributed by atoms with Crippen molar-refractivity contribution >= 4 is 23.1 Å². The van der Waals surface area contributed by atoms with Gasteiger partial charge in [0.25, 0.3) is 0 Å². The molecule has 4 heteroatoms. The smallest absolute Gasteiger partial charge is 0.130 e. The SMILES string of the molecule is Cc1cc(Nc2ccc(Cl)cn2)ccc1F. The number of hydrogen-bond donors (Lipinski definition) is 1. The van der Waals surface area contributed by atoms with Crippen molar-refractivity contribution < 1.29 is 4.39 Å². The van der Waals surface area contributed by atoms with Gasteiger partial charge < -0.3 is 5.32 Å². The van der Waals surface area contributed by atoms with Gasteiger partial charge in [0.15, 0.2) is 0 Å². The van der Waals surface area contributed by atoms with E-state index in [9.17, 15) is 4.39 Å². The van der Waals surface area contributed by atoms with Crippen LogP contribution in [0.1, 0.15) is 5.56 Å². The van der Waals surface area contributed by atoms with E-state index in [0.717, 1.165) is 5.69 Å². The van der Waals surface area contributed by atoms with Crippen molar-refractivity contribution in [2.45, 2.75) is 6.92 Å². The molecule has 0 aliphatic carbocycles. The van der Waals surface area contributed by atoms with Crippen LogP contribution < -0.4 is 5.32 Å². The van der Waals surface area contributed by atoms with Crippen molar-refractivity contribution in [3.8, 4) is 0 Å². The second-order valence-corrected chi connectivity index (χ2v) is 3.89. The third-order valence-electron chi connectivity index (χ3n) is 2.16. The first kappa shape index (κ1) is 10.9. The van der Waals surface area contributed by atoms with Crippen molar-refractivity contribution in [1.82, 2.24) is 4.98 Å². The second kappa shape index (κ2) is 4.49. The summed E-state index contributed by atoms with van der Waals surface area (Å²) in [5, 5.41) is 3.65. The van der Waals surface area contributed by atoms with Crippen molar-refractivity contribution in [3.63, 3.8) is 0 Å².